The number of benzene rings is 1. The van der Waals surface area contributed by atoms with Crippen molar-refractivity contribution in [2.24, 2.45) is 0 Å². The maximum Gasteiger partial charge on any atom is 0.359 e. The quantitative estimate of drug-likeness (QED) is 0.747. The minimum absolute atomic E-state index is 0.0683. The van der Waals surface area contributed by atoms with Crippen LogP contribution < -0.4 is 9.47 Å². The van der Waals surface area contributed by atoms with Crippen LogP contribution in [0, 0.1) is 6.92 Å². The average Bonchev–Trinajstić information content (AvgIpc) is 3.22. The maximum absolute atomic E-state index is 12.7. The first-order chi connectivity index (χ1) is 13.6. The molecule has 2 aliphatic rings. The van der Waals surface area contributed by atoms with Gasteiger partial charge in [0.2, 0.25) is 0 Å². The second-order valence-corrected chi connectivity index (χ2v) is 6.77. The Balaban J connectivity index is 1.41. The van der Waals surface area contributed by atoms with Crippen LogP contribution in [-0.2, 0) is 9.53 Å². The number of aromatic nitrogens is 2. The zero-order valence-corrected chi connectivity index (χ0v) is 15.6. The molecule has 0 N–H and O–H groups in total. The summed E-state index contributed by atoms with van der Waals surface area (Å²) in [6.45, 7) is 3.13. The number of fused-ring (bicyclic) bond motifs is 1. The number of nitrogens with zero attached hydrogens (tertiary/aromatic N) is 3. The number of hydrogen-bond acceptors (Lipinski definition) is 7. The number of rotatable bonds is 4. The largest absolute Gasteiger partial charge is 0.486 e. The van der Waals surface area contributed by atoms with Crippen molar-refractivity contribution in [3.63, 3.8) is 0 Å². The van der Waals surface area contributed by atoms with Crippen LogP contribution in [0.2, 0.25) is 0 Å². The van der Waals surface area contributed by atoms with E-state index in [-0.39, 0.29) is 24.2 Å². The molecule has 0 bridgehead atoms. The van der Waals surface area contributed by atoms with Gasteiger partial charge in [-0.25, -0.2) is 9.78 Å². The lowest BCUT2D eigenvalue weighted by atomic mass is 10.0. The Hall–Kier alpha value is -3.16. The SMILES string of the molecule is Cc1cnc(C(=O)OCC(=O)N2CCC[C@H]2c2ccc3c(c2)OCCO3)cn1. The molecule has 0 saturated carbocycles. The van der Waals surface area contributed by atoms with Crippen LogP contribution in [0.1, 0.15) is 40.6 Å². The van der Waals surface area contributed by atoms with E-state index < -0.39 is 5.97 Å². The summed E-state index contributed by atoms with van der Waals surface area (Å²) in [4.78, 5) is 34.5. The molecule has 146 valence electrons. The zero-order valence-electron chi connectivity index (χ0n) is 15.6. The van der Waals surface area contributed by atoms with E-state index in [0.717, 1.165) is 24.2 Å². The number of ether oxygens (including phenoxy) is 3. The molecule has 2 aliphatic heterocycles. The molecule has 1 amide bonds. The fourth-order valence-electron chi connectivity index (χ4n) is 3.46. The predicted octanol–water partition coefficient (Wildman–Crippen LogP) is 2.08. The highest BCUT2D eigenvalue weighted by Crippen LogP contribution is 2.38. The smallest absolute Gasteiger partial charge is 0.359 e. The molecule has 0 unspecified atom stereocenters. The second kappa shape index (κ2) is 7.84. The molecule has 1 aromatic carbocycles. The standard InChI is InChI=1S/C20H21N3O5/c1-13-10-22-15(11-21-13)20(25)28-12-19(24)23-6-2-3-16(23)14-4-5-17-18(9-14)27-8-7-26-17/h4-5,9-11,16H,2-3,6-8,12H2,1H3/t16-/m0/s1. The molecule has 1 atom stereocenters. The minimum atomic E-state index is -0.657. The number of amides is 1. The van der Waals surface area contributed by atoms with Gasteiger partial charge < -0.3 is 19.1 Å². The van der Waals surface area contributed by atoms with Crippen LogP contribution >= 0.6 is 0 Å². The summed E-state index contributed by atoms with van der Waals surface area (Å²) >= 11 is 0. The van der Waals surface area contributed by atoms with Crippen molar-refractivity contribution in [2.45, 2.75) is 25.8 Å². The highest BCUT2D eigenvalue weighted by Gasteiger charge is 2.31. The third-order valence-electron chi connectivity index (χ3n) is 4.84. The number of carbonyl (C=O) groups excluding carboxylic acids is 2. The number of esters is 1. The van der Waals surface area contributed by atoms with Gasteiger partial charge in [-0.15, -0.1) is 0 Å². The second-order valence-electron chi connectivity index (χ2n) is 6.77. The van der Waals surface area contributed by atoms with Gasteiger partial charge in [-0.05, 0) is 37.5 Å². The molecule has 8 nitrogen and oxygen atoms in total. The Labute approximate surface area is 162 Å². The van der Waals surface area contributed by atoms with Crippen molar-refractivity contribution in [3.05, 3.63) is 47.5 Å². The summed E-state index contributed by atoms with van der Waals surface area (Å²) in [6.07, 6.45) is 4.57. The number of carbonyl (C=O) groups is 2. The highest BCUT2D eigenvalue weighted by atomic mass is 16.6. The number of likely N-dealkylation sites (tertiary alicyclic amines) is 1. The van der Waals surface area contributed by atoms with E-state index in [2.05, 4.69) is 9.97 Å². The molecule has 0 radical (unpaired) electrons. The third kappa shape index (κ3) is 3.76. The number of hydrogen-bond donors (Lipinski definition) is 0. The Morgan fingerprint density at radius 1 is 1.18 bits per heavy atom. The predicted molar refractivity (Wildman–Crippen MR) is 98.2 cm³/mol. The first kappa shape index (κ1) is 18.2. The summed E-state index contributed by atoms with van der Waals surface area (Å²) in [7, 11) is 0. The Bertz CT molecular complexity index is 884. The van der Waals surface area contributed by atoms with E-state index in [1.165, 1.54) is 12.4 Å². The first-order valence-electron chi connectivity index (χ1n) is 9.26. The van der Waals surface area contributed by atoms with E-state index in [1.54, 1.807) is 11.8 Å². The van der Waals surface area contributed by atoms with E-state index in [9.17, 15) is 9.59 Å². The minimum Gasteiger partial charge on any atom is -0.486 e. The van der Waals surface area contributed by atoms with Crippen molar-refractivity contribution in [3.8, 4) is 11.5 Å². The zero-order chi connectivity index (χ0) is 19.5. The average molecular weight is 383 g/mol. The van der Waals surface area contributed by atoms with Gasteiger partial charge in [-0.1, -0.05) is 6.07 Å². The highest BCUT2D eigenvalue weighted by molar-refractivity contribution is 5.89. The normalized spacial score (nSPS) is 18.0. The van der Waals surface area contributed by atoms with Gasteiger partial charge in [0.15, 0.2) is 23.8 Å². The summed E-state index contributed by atoms with van der Waals surface area (Å²) in [5.41, 5.74) is 1.78. The van der Waals surface area contributed by atoms with Gasteiger partial charge in [0.05, 0.1) is 17.9 Å². The fourth-order valence-corrected chi connectivity index (χ4v) is 3.46. The summed E-state index contributed by atoms with van der Waals surface area (Å²) < 4.78 is 16.3. The molecule has 1 fully saturated rings. The summed E-state index contributed by atoms with van der Waals surface area (Å²) in [6, 6.07) is 5.69. The topological polar surface area (TPSA) is 90.9 Å². The van der Waals surface area contributed by atoms with Crippen LogP contribution in [-0.4, -0.2) is 53.1 Å². The molecular formula is C20H21N3O5. The Morgan fingerprint density at radius 3 is 2.79 bits per heavy atom. The van der Waals surface area contributed by atoms with Crippen LogP contribution in [0.4, 0.5) is 0 Å². The van der Waals surface area contributed by atoms with Gasteiger partial charge in [-0.2, -0.15) is 0 Å². The lowest BCUT2D eigenvalue weighted by Gasteiger charge is -2.26. The molecule has 8 heteroatoms. The molecular weight excluding hydrogens is 362 g/mol. The monoisotopic (exact) mass is 383 g/mol. The molecule has 2 aromatic rings. The maximum atomic E-state index is 12.7. The Morgan fingerprint density at radius 2 is 2.00 bits per heavy atom. The van der Waals surface area contributed by atoms with Crippen molar-refractivity contribution in [1.82, 2.24) is 14.9 Å². The Kier molecular flexibility index (Phi) is 5.10. The number of aryl methyl sites for hydroxylation is 1. The van der Waals surface area contributed by atoms with Crippen molar-refractivity contribution < 1.29 is 23.8 Å². The van der Waals surface area contributed by atoms with Crippen LogP contribution in [0.15, 0.2) is 30.6 Å². The molecule has 0 spiro atoms. The summed E-state index contributed by atoms with van der Waals surface area (Å²) in [5.74, 6) is 0.535. The molecule has 4 rings (SSSR count). The first-order valence-corrected chi connectivity index (χ1v) is 9.26. The van der Waals surface area contributed by atoms with Gasteiger partial charge in [0.1, 0.15) is 13.2 Å². The fraction of sp³-hybridized carbons (Fsp3) is 0.400. The van der Waals surface area contributed by atoms with Crippen LogP contribution in [0.3, 0.4) is 0 Å². The van der Waals surface area contributed by atoms with E-state index in [0.29, 0.717) is 31.2 Å². The molecule has 1 saturated heterocycles. The van der Waals surface area contributed by atoms with Crippen molar-refractivity contribution in [1.29, 1.82) is 0 Å². The van der Waals surface area contributed by atoms with Crippen molar-refractivity contribution >= 4 is 11.9 Å². The molecule has 1 aromatic heterocycles. The van der Waals surface area contributed by atoms with E-state index in [4.69, 9.17) is 14.2 Å². The van der Waals surface area contributed by atoms with Gasteiger partial charge in [0, 0.05) is 12.7 Å². The molecule has 3 heterocycles. The summed E-state index contributed by atoms with van der Waals surface area (Å²) in [5, 5.41) is 0. The third-order valence-corrected chi connectivity index (χ3v) is 4.84. The van der Waals surface area contributed by atoms with Gasteiger partial charge >= 0.3 is 5.97 Å². The van der Waals surface area contributed by atoms with E-state index in [1.807, 2.05) is 18.2 Å². The van der Waals surface area contributed by atoms with E-state index >= 15 is 0 Å². The van der Waals surface area contributed by atoms with Crippen molar-refractivity contribution in [2.75, 3.05) is 26.4 Å². The molecule has 0 aliphatic carbocycles. The van der Waals surface area contributed by atoms with Crippen LogP contribution in [0.25, 0.3) is 0 Å². The lowest BCUT2D eigenvalue weighted by molar-refractivity contribution is -0.135. The van der Waals surface area contributed by atoms with Crippen LogP contribution in [0.5, 0.6) is 11.5 Å². The molecule has 28 heavy (non-hydrogen) atoms. The van der Waals surface area contributed by atoms with Gasteiger partial charge in [-0.3, -0.25) is 9.78 Å². The lowest BCUT2D eigenvalue weighted by Crippen LogP contribution is -2.34. The van der Waals surface area contributed by atoms with Gasteiger partial charge in [0.25, 0.3) is 5.91 Å².